The predicted octanol–water partition coefficient (Wildman–Crippen LogP) is 3.39. The number of carbonyl (C=O) groups is 1. The molecule has 0 spiro atoms. The molecule has 0 fully saturated rings. The number of methoxy groups -OCH3 is 1. The molecule has 2 N–H and O–H groups in total. The number of aliphatic hydroxyl groups excluding tert-OH is 1. The van der Waals surface area contributed by atoms with E-state index in [4.69, 9.17) is 4.74 Å². The normalized spacial score (nSPS) is 13.2. The van der Waals surface area contributed by atoms with E-state index in [0.717, 1.165) is 11.3 Å². The van der Waals surface area contributed by atoms with E-state index in [0.29, 0.717) is 12.1 Å². The Kier molecular flexibility index (Phi) is 5.55. The Bertz CT molecular complexity index is 595. The molecule has 0 aliphatic rings. The maximum absolute atomic E-state index is 12.4. The van der Waals surface area contributed by atoms with Crippen molar-refractivity contribution in [3.05, 3.63) is 60.2 Å². The fraction of sp³-hybridized carbons (Fsp3) is 0.278. The summed E-state index contributed by atoms with van der Waals surface area (Å²) in [5, 5.41) is 13.3. The summed E-state index contributed by atoms with van der Waals surface area (Å²) in [4.78, 5) is 12.4. The molecule has 2 aromatic carbocycles. The van der Waals surface area contributed by atoms with Gasteiger partial charge in [-0.3, -0.25) is 4.79 Å². The van der Waals surface area contributed by atoms with Crippen LogP contribution in [0, 0.1) is 5.92 Å². The first-order valence-corrected chi connectivity index (χ1v) is 7.33. The van der Waals surface area contributed by atoms with Crippen molar-refractivity contribution < 1.29 is 14.6 Å². The maximum atomic E-state index is 12.4. The van der Waals surface area contributed by atoms with Crippen LogP contribution < -0.4 is 10.1 Å². The zero-order valence-corrected chi connectivity index (χ0v) is 12.8. The van der Waals surface area contributed by atoms with E-state index in [-0.39, 0.29) is 5.91 Å². The molecule has 116 valence electrons. The molecule has 2 aromatic rings. The molecular weight excluding hydrogens is 278 g/mol. The molecule has 4 heteroatoms. The largest absolute Gasteiger partial charge is 0.497 e. The standard InChI is InChI=1S/C18H21NO3/c1-3-16(17(20)13-7-5-4-6-8-13)18(21)19-14-9-11-15(22-2)12-10-14/h4-12,16-17,20H,3H2,1-2H3,(H,19,21)/t16-,17+/m1/s1. The summed E-state index contributed by atoms with van der Waals surface area (Å²) < 4.78 is 5.09. The van der Waals surface area contributed by atoms with Crippen LogP contribution in [0.5, 0.6) is 5.75 Å². The number of nitrogens with one attached hydrogen (secondary N) is 1. The highest BCUT2D eigenvalue weighted by Crippen LogP contribution is 2.26. The van der Waals surface area contributed by atoms with Gasteiger partial charge >= 0.3 is 0 Å². The van der Waals surface area contributed by atoms with E-state index in [2.05, 4.69) is 5.32 Å². The Labute approximate surface area is 130 Å². The molecule has 0 aromatic heterocycles. The average Bonchev–Trinajstić information content (AvgIpc) is 2.57. The molecule has 0 saturated heterocycles. The van der Waals surface area contributed by atoms with Crippen molar-refractivity contribution in [2.24, 2.45) is 5.92 Å². The number of hydrogen-bond donors (Lipinski definition) is 2. The summed E-state index contributed by atoms with van der Waals surface area (Å²) >= 11 is 0. The molecule has 22 heavy (non-hydrogen) atoms. The summed E-state index contributed by atoms with van der Waals surface area (Å²) in [6.45, 7) is 1.89. The third kappa shape index (κ3) is 3.86. The van der Waals surface area contributed by atoms with E-state index in [1.807, 2.05) is 37.3 Å². The van der Waals surface area contributed by atoms with Gasteiger partial charge in [-0.25, -0.2) is 0 Å². The van der Waals surface area contributed by atoms with Crippen LogP contribution in [-0.2, 0) is 4.79 Å². The van der Waals surface area contributed by atoms with Gasteiger partial charge in [0.25, 0.3) is 0 Å². The highest BCUT2D eigenvalue weighted by molar-refractivity contribution is 5.93. The van der Waals surface area contributed by atoms with E-state index in [9.17, 15) is 9.90 Å². The first-order valence-electron chi connectivity index (χ1n) is 7.33. The Morgan fingerprint density at radius 2 is 1.77 bits per heavy atom. The summed E-state index contributed by atoms with van der Waals surface area (Å²) in [5.41, 5.74) is 1.43. The lowest BCUT2D eigenvalue weighted by atomic mass is 9.92. The minimum absolute atomic E-state index is 0.191. The van der Waals surface area contributed by atoms with E-state index in [1.165, 1.54) is 0 Å². The third-order valence-corrected chi connectivity index (χ3v) is 3.66. The Hall–Kier alpha value is -2.33. The van der Waals surface area contributed by atoms with Crippen LogP contribution in [-0.4, -0.2) is 18.1 Å². The number of ether oxygens (including phenoxy) is 1. The lowest BCUT2D eigenvalue weighted by Gasteiger charge is -2.21. The fourth-order valence-corrected chi connectivity index (χ4v) is 2.34. The molecule has 0 bridgehead atoms. The number of amides is 1. The van der Waals surface area contributed by atoms with Gasteiger partial charge in [-0.1, -0.05) is 37.3 Å². The van der Waals surface area contributed by atoms with Crippen molar-refractivity contribution in [1.29, 1.82) is 0 Å². The molecule has 1 amide bonds. The van der Waals surface area contributed by atoms with Gasteiger partial charge in [-0.05, 0) is 36.2 Å². The summed E-state index contributed by atoms with van der Waals surface area (Å²) in [5.74, 6) is 0.0443. The van der Waals surface area contributed by atoms with Crippen LogP contribution >= 0.6 is 0 Å². The summed E-state index contributed by atoms with van der Waals surface area (Å²) in [7, 11) is 1.59. The molecule has 0 radical (unpaired) electrons. The van der Waals surface area contributed by atoms with Gasteiger partial charge in [0.1, 0.15) is 5.75 Å². The number of hydrogen-bond acceptors (Lipinski definition) is 3. The number of aliphatic hydroxyl groups is 1. The van der Waals surface area contributed by atoms with E-state index >= 15 is 0 Å². The van der Waals surface area contributed by atoms with Crippen LogP contribution in [0.4, 0.5) is 5.69 Å². The highest BCUT2D eigenvalue weighted by Gasteiger charge is 2.26. The monoisotopic (exact) mass is 299 g/mol. The highest BCUT2D eigenvalue weighted by atomic mass is 16.5. The molecule has 2 atom stereocenters. The first-order chi connectivity index (χ1) is 10.7. The molecule has 0 aliphatic heterocycles. The van der Waals surface area contributed by atoms with Crippen LogP contribution in [0.25, 0.3) is 0 Å². The number of anilines is 1. The number of rotatable bonds is 6. The molecule has 0 aliphatic carbocycles. The van der Waals surface area contributed by atoms with Crippen molar-refractivity contribution >= 4 is 11.6 Å². The summed E-state index contributed by atoms with van der Waals surface area (Å²) in [6, 6.07) is 16.4. The van der Waals surface area contributed by atoms with Gasteiger partial charge < -0.3 is 15.2 Å². The Morgan fingerprint density at radius 1 is 1.14 bits per heavy atom. The molecule has 0 heterocycles. The Morgan fingerprint density at radius 3 is 2.32 bits per heavy atom. The van der Waals surface area contributed by atoms with Crippen LogP contribution in [0.1, 0.15) is 25.0 Å². The van der Waals surface area contributed by atoms with E-state index in [1.54, 1.807) is 31.4 Å². The van der Waals surface area contributed by atoms with Crippen molar-refractivity contribution in [2.75, 3.05) is 12.4 Å². The average molecular weight is 299 g/mol. The minimum Gasteiger partial charge on any atom is -0.497 e. The zero-order valence-electron chi connectivity index (χ0n) is 12.8. The summed E-state index contributed by atoms with van der Waals surface area (Å²) in [6.07, 6.45) is -0.262. The lowest BCUT2D eigenvalue weighted by Crippen LogP contribution is -2.27. The smallest absolute Gasteiger partial charge is 0.230 e. The van der Waals surface area contributed by atoms with Gasteiger partial charge in [-0.2, -0.15) is 0 Å². The van der Waals surface area contributed by atoms with E-state index < -0.39 is 12.0 Å². The topological polar surface area (TPSA) is 58.6 Å². The van der Waals surface area contributed by atoms with Crippen molar-refractivity contribution in [2.45, 2.75) is 19.4 Å². The van der Waals surface area contributed by atoms with Crippen molar-refractivity contribution in [3.8, 4) is 5.75 Å². The van der Waals surface area contributed by atoms with Crippen LogP contribution in [0.2, 0.25) is 0 Å². The predicted molar refractivity (Wildman–Crippen MR) is 86.8 cm³/mol. The second-order valence-corrected chi connectivity index (χ2v) is 5.09. The molecule has 0 saturated carbocycles. The van der Waals surface area contributed by atoms with Gasteiger partial charge in [0.15, 0.2) is 0 Å². The van der Waals surface area contributed by atoms with Crippen molar-refractivity contribution in [1.82, 2.24) is 0 Å². The molecule has 2 rings (SSSR count). The van der Waals surface area contributed by atoms with Gasteiger partial charge in [-0.15, -0.1) is 0 Å². The first kappa shape index (κ1) is 16.0. The second-order valence-electron chi connectivity index (χ2n) is 5.09. The molecule has 0 unspecified atom stereocenters. The third-order valence-electron chi connectivity index (χ3n) is 3.66. The number of benzene rings is 2. The fourth-order valence-electron chi connectivity index (χ4n) is 2.34. The zero-order chi connectivity index (χ0) is 15.9. The second kappa shape index (κ2) is 7.61. The quantitative estimate of drug-likeness (QED) is 0.859. The molecule has 4 nitrogen and oxygen atoms in total. The SMILES string of the molecule is CC[C@@H](C(=O)Nc1ccc(OC)cc1)[C@@H](O)c1ccccc1. The number of carbonyl (C=O) groups excluding carboxylic acids is 1. The van der Waals surface area contributed by atoms with Crippen LogP contribution in [0.15, 0.2) is 54.6 Å². The maximum Gasteiger partial charge on any atom is 0.230 e. The molecular formula is C18H21NO3. The van der Waals surface area contributed by atoms with Crippen LogP contribution in [0.3, 0.4) is 0 Å². The Balaban J connectivity index is 2.08. The lowest BCUT2D eigenvalue weighted by molar-refractivity contribution is -0.123. The van der Waals surface area contributed by atoms with Gasteiger partial charge in [0.05, 0.1) is 19.1 Å². The van der Waals surface area contributed by atoms with Gasteiger partial charge in [0.2, 0.25) is 5.91 Å². The van der Waals surface area contributed by atoms with Crippen molar-refractivity contribution in [3.63, 3.8) is 0 Å². The van der Waals surface area contributed by atoms with Gasteiger partial charge in [0, 0.05) is 5.69 Å². The minimum atomic E-state index is -0.815.